The lowest BCUT2D eigenvalue weighted by Crippen LogP contribution is -2.38. The van der Waals surface area contributed by atoms with Gasteiger partial charge in [0.2, 0.25) is 0 Å². The van der Waals surface area contributed by atoms with E-state index in [0.717, 1.165) is 23.0 Å². The molecular formula is C15H19NO. The number of hydrogen-bond donors (Lipinski definition) is 1. The molecule has 90 valence electrons. The fourth-order valence-corrected chi connectivity index (χ4v) is 3.46. The van der Waals surface area contributed by atoms with E-state index in [1.165, 1.54) is 25.7 Å². The minimum atomic E-state index is 0.103. The van der Waals surface area contributed by atoms with E-state index in [1.54, 1.807) is 0 Å². The summed E-state index contributed by atoms with van der Waals surface area (Å²) in [7, 11) is 0. The molecule has 2 fully saturated rings. The van der Waals surface area contributed by atoms with Gasteiger partial charge in [0.05, 0.1) is 0 Å². The Morgan fingerprint density at radius 3 is 2.82 bits per heavy atom. The van der Waals surface area contributed by atoms with E-state index < -0.39 is 0 Å². The number of carbonyl (C=O) groups excluding carboxylic acids is 1. The average Bonchev–Trinajstić information content (AvgIpc) is 2.91. The topological polar surface area (TPSA) is 29.1 Å². The molecule has 0 aliphatic heterocycles. The standard InChI is InChI=1S/C15H19NO/c1-10-3-2-4-13(7-10)15(17)16-14-9-11-5-6-12(14)8-11/h2-4,7,11-12,14H,5-6,8-9H2,1H3,(H,16,17)/t11-,12-,14-/m1/s1. The molecule has 2 nitrogen and oxygen atoms in total. The van der Waals surface area contributed by atoms with Crippen molar-refractivity contribution in [3.63, 3.8) is 0 Å². The number of carbonyl (C=O) groups is 1. The molecule has 3 rings (SSSR count). The first kappa shape index (κ1) is 10.8. The van der Waals surface area contributed by atoms with Crippen LogP contribution in [0.2, 0.25) is 0 Å². The SMILES string of the molecule is Cc1cccc(C(=O)N[C@@H]2C[C@@H]3CC[C@@H]2C3)c1. The van der Waals surface area contributed by atoms with Gasteiger partial charge in [0.25, 0.3) is 5.91 Å². The highest BCUT2D eigenvalue weighted by Gasteiger charge is 2.40. The molecule has 1 N–H and O–H groups in total. The first-order valence-electron chi connectivity index (χ1n) is 6.60. The summed E-state index contributed by atoms with van der Waals surface area (Å²) < 4.78 is 0. The summed E-state index contributed by atoms with van der Waals surface area (Å²) in [6, 6.07) is 8.26. The smallest absolute Gasteiger partial charge is 0.251 e. The van der Waals surface area contributed by atoms with Crippen LogP contribution >= 0.6 is 0 Å². The molecule has 1 aromatic carbocycles. The maximum atomic E-state index is 12.1. The lowest BCUT2D eigenvalue weighted by molar-refractivity contribution is 0.0923. The van der Waals surface area contributed by atoms with E-state index in [4.69, 9.17) is 0 Å². The fourth-order valence-electron chi connectivity index (χ4n) is 3.46. The summed E-state index contributed by atoms with van der Waals surface area (Å²) in [5, 5.41) is 3.21. The van der Waals surface area contributed by atoms with Gasteiger partial charge in [-0.25, -0.2) is 0 Å². The average molecular weight is 229 g/mol. The quantitative estimate of drug-likeness (QED) is 0.830. The second kappa shape index (κ2) is 4.17. The molecule has 2 saturated carbocycles. The normalized spacial score (nSPS) is 30.5. The van der Waals surface area contributed by atoms with E-state index in [9.17, 15) is 4.79 Å². The molecule has 2 aliphatic rings. The van der Waals surface area contributed by atoms with Crippen LogP contribution in [0.5, 0.6) is 0 Å². The minimum absolute atomic E-state index is 0.103. The third-order valence-corrected chi connectivity index (χ3v) is 4.33. The van der Waals surface area contributed by atoms with Crippen molar-refractivity contribution in [1.29, 1.82) is 0 Å². The molecule has 2 aliphatic carbocycles. The van der Waals surface area contributed by atoms with E-state index in [0.29, 0.717) is 6.04 Å². The summed E-state index contributed by atoms with van der Waals surface area (Å²) in [6.45, 7) is 2.02. The van der Waals surface area contributed by atoms with Crippen molar-refractivity contribution in [2.75, 3.05) is 0 Å². The Balaban J connectivity index is 1.68. The van der Waals surface area contributed by atoms with Crippen molar-refractivity contribution in [3.8, 4) is 0 Å². The van der Waals surface area contributed by atoms with Crippen LogP contribution in [-0.4, -0.2) is 11.9 Å². The van der Waals surface area contributed by atoms with Crippen LogP contribution in [-0.2, 0) is 0 Å². The van der Waals surface area contributed by atoms with Gasteiger partial charge >= 0.3 is 0 Å². The lowest BCUT2D eigenvalue weighted by Gasteiger charge is -2.22. The third kappa shape index (κ3) is 2.08. The zero-order chi connectivity index (χ0) is 11.8. The van der Waals surface area contributed by atoms with Crippen LogP contribution in [0.4, 0.5) is 0 Å². The number of nitrogens with one attached hydrogen (secondary N) is 1. The van der Waals surface area contributed by atoms with Crippen molar-refractivity contribution in [2.45, 2.75) is 38.6 Å². The van der Waals surface area contributed by atoms with E-state index in [2.05, 4.69) is 5.32 Å². The Hall–Kier alpha value is -1.31. The number of fused-ring (bicyclic) bond motifs is 2. The molecule has 0 heterocycles. The van der Waals surface area contributed by atoms with Crippen molar-refractivity contribution in [1.82, 2.24) is 5.32 Å². The van der Waals surface area contributed by atoms with Crippen LogP contribution in [0, 0.1) is 18.8 Å². The van der Waals surface area contributed by atoms with Gasteiger partial charge < -0.3 is 5.32 Å². The molecule has 0 spiro atoms. The number of hydrogen-bond acceptors (Lipinski definition) is 1. The van der Waals surface area contributed by atoms with Crippen LogP contribution in [0.15, 0.2) is 24.3 Å². The highest BCUT2D eigenvalue weighted by molar-refractivity contribution is 5.94. The number of benzene rings is 1. The third-order valence-electron chi connectivity index (χ3n) is 4.33. The van der Waals surface area contributed by atoms with Crippen molar-refractivity contribution < 1.29 is 4.79 Å². The molecule has 0 aromatic heterocycles. The molecule has 17 heavy (non-hydrogen) atoms. The maximum Gasteiger partial charge on any atom is 0.251 e. The van der Waals surface area contributed by atoms with Gasteiger partial charge in [-0.05, 0) is 50.2 Å². The van der Waals surface area contributed by atoms with Crippen molar-refractivity contribution in [3.05, 3.63) is 35.4 Å². The van der Waals surface area contributed by atoms with Gasteiger partial charge in [-0.1, -0.05) is 24.1 Å². The number of aryl methyl sites for hydroxylation is 1. The molecule has 0 saturated heterocycles. The Kier molecular flexibility index (Phi) is 2.65. The fraction of sp³-hybridized carbons (Fsp3) is 0.533. The van der Waals surface area contributed by atoms with Gasteiger partial charge in [-0.3, -0.25) is 4.79 Å². The maximum absolute atomic E-state index is 12.1. The highest BCUT2D eigenvalue weighted by atomic mass is 16.1. The van der Waals surface area contributed by atoms with E-state index >= 15 is 0 Å². The molecule has 0 radical (unpaired) electrons. The predicted octanol–water partition coefficient (Wildman–Crippen LogP) is 2.91. The zero-order valence-electron chi connectivity index (χ0n) is 10.3. The largest absolute Gasteiger partial charge is 0.349 e. The Bertz CT molecular complexity index is 440. The molecular weight excluding hydrogens is 210 g/mol. The summed E-state index contributed by atoms with van der Waals surface area (Å²) in [4.78, 5) is 12.1. The molecule has 2 bridgehead atoms. The van der Waals surface area contributed by atoms with Crippen LogP contribution < -0.4 is 5.32 Å². The van der Waals surface area contributed by atoms with Gasteiger partial charge in [0.15, 0.2) is 0 Å². The number of amides is 1. The predicted molar refractivity (Wildman–Crippen MR) is 67.9 cm³/mol. The monoisotopic (exact) mass is 229 g/mol. The Labute approximate surface area is 102 Å². The highest BCUT2D eigenvalue weighted by Crippen LogP contribution is 2.44. The summed E-state index contributed by atoms with van der Waals surface area (Å²) in [5.74, 6) is 1.72. The molecule has 0 unspecified atom stereocenters. The molecule has 2 heteroatoms. The molecule has 3 atom stereocenters. The first-order chi connectivity index (χ1) is 8.22. The van der Waals surface area contributed by atoms with Crippen LogP contribution in [0.1, 0.15) is 41.6 Å². The number of rotatable bonds is 2. The van der Waals surface area contributed by atoms with Crippen LogP contribution in [0.3, 0.4) is 0 Å². The summed E-state index contributed by atoms with van der Waals surface area (Å²) in [5.41, 5.74) is 1.94. The summed E-state index contributed by atoms with van der Waals surface area (Å²) in [6.07, 6.45) is 5.21. The van der Waals surface area contributed by atoms with Gasteiger partial charge in [-0.2, -0.15) is 0 Å². The lowest BCUT2D eigenvalue weighted by atomic mass is 9.95. The minimum Gasteiger partial charge on any atom is -0.349 e. The second-order valence-corrected chi connectivity index (χ2v) is 5.62. The zero-order valence-corrected chi connectivity index (χ0v) is 10.3. The summed E-state index contributed by atoms with van der Waals surface area (Å²) >= 11 is 0. The van der Waals surface area contributed by atoms with Gasteiger partial charge in [0, 0.05) is 11.6 Å². The van der Waals surface area contributed by atoms with Crippen molar-refractivity contribution in [2.24, 2.45) is 11.8 Å². The van der Waals surface area contributed by atoms with Crippen molar-refractivity contribution >= 4 is 5.91 Å². The Morgan fingerprint density at radius 1 is 1.29 bits per heavy atom. The van der Waals surface area contributed by atoms with Gasteiger partial charge in [-0.15, -0.1) is 0 Å². The molecule has 1 aromatic rings. The van der Waals surface area contributed by atoms with E-state index in [-0.39, 0.29) is 5.91 Å². The Morgan fingerprint density at radius 2 is 2.18 bits per heavy atom. The first-order valence-corrected chi connectivity index (χ1v) is 6.60. The van der Waals surface area contributed by atoms with E-state index in [1.807, 2.05) is 31.2 Å². The molecule has 1 amide bonds. The second-order valence-electron chi connectivity index (χ2n) is 5.62. The van der Waals surface area contributed by atoms with Gasteiger partial charge in [0.1, 0.15) is 0 Å². The van der Waals surface area contributed by atoms with Crippen LogP contribution in [0.25, 0.3) is 0 Å².